The summed E-state index contributed by atoms with van der Waals surface area (Å²) >= 11 is 0. The van der Waals surface area contributed by atoms with Crippen molar-refractivity contribution in [3.05, 3.63) is 0 Å². The van der Waals surface area contributed by atoms with Gasteiger partial charge in [-0.1, -0.05) is 0 Å². The van der Waals surface area contributed by atoms with Gasteiger partial charge in [-0.15, -0.1) is 0 Å². The van der Waals surface area contributed by atoms with E-state index < -0.39 is 0 Å². The molecule has 1 saturated heterocycles. The first-order chi connectivity index (χ1) is 5.83. The smallest absolute Gasteiger partial charge is 0.305 e. The topological polar surface area (TPSA) is 47.6 Å². The van der Waals surface area contributed by atoms with E-state index in [9.17, 15) is 4.79 Å². The molecule has 0 aliphatic carbocycles. The van der Waals surface area contributed by atoms with Crippen molar-refractivity contribution in [1.82, 2.24) is 5.32 Å². The molecule has 1 heterocycles. The van der Waals surface area contributed by atoms with Crippen LogP contribution in [0.1, 0.15) is 12.8 Å². The predicted octanol–water partition coefficient (Wildman–Crippen LogP) is -0.0720. The summed E-state index contributed by atoms with van der Waals surface area (Å²) in [6.07, 6.45) is 1.27. The lowest BCUT2D eigenvalue weighted by Crippen LogP contribution is -2.41. The van der Waals surface area contributed by atoms with E-state index in [0.717, 1.165) is 19.6 Å². The minimum Gasteiger partial charge on any atom is -0.469 e. The van der Waals surface area contributed by atoms with Crippen molar-refractivity contribution in [3.8, 4) is 0 Å². The van der Waals surface area contributed by atoms with Crippen LogP contribution in [0.15, 0.2) is 0 Å². The number of esters is 1. The van der Waals surface area contributed by atoms with Crippen LogP contribution in [0.3, 0.4) is 0 Å². The lowest BCUT2D eigenvalue weighted by atomic mass is 10.1. The fourth-order valence-corrected chi connectivity index (χ4v) is 1.20. The van der Waals surface area contributed by atoms with Gasteiger partial charge in [-0.2, -0.15) is 0 Å². The zero-order chi connectivity index (χ0) is 8.81. The number of hydrogen-bond acceptors (Lipinski definition) is 4. The van der Waals surface area contributed by atoms with E-state index in [1.54, 1.807) is 0 Å². The molecular formula is C8H15NO3. The molecule has 0 spiro atoms. The molecule has 0 radical (unpaired) electrons. The maximum Gasteiger partial charge on any atom is 0.305 e. The van der Waals surface area contributed by atoms with Gasteiger partial charge in [0.15, 0.2) is 0 Å². The molecular weight excluding hydrogens is 158 g/mol. The zero-order valence-electron chi connectivity index (χ0n) is 7.34. The molecule has 70 valence electrons. The molecule has 1 aliphatic rings. The number of carbonyl (C=O) groups is 1. The summed E-state index contributed by atoms with van der Waals surface area (Å²) in [7, 11) is 1.41. The number of hydrogen-bond donors (Lipinski definition) is 1. The average Bonchev–Trinajstić information content (AvgIpc) is 2.16. The van der Waals surface area contributed by atoms with Crippen LogP contribution in [0, 0.1) is 0 Å². The van der Waals surface area contributed by atoms with E-state index in [-0.39, 0.29) is 5.97 Å². The first-order valence-corrected chi connectivity index (χ1v) is 4.21. The molecule has 0 aromatic heterocycles. The van der Waals surface area contributed by atoms with Gasteiger partial charge in [0.25, 0.3) is 0 Å². The molecule has 0 saturated carbocycles. The van der Waals surface area contributed by atoms with Crippen molar-refractivity contribution in [3.63, 3.8) is 0 Å². The van der Waals surface area contributed by atoms with Crippen molar-refractivity contribution in [1.29, 1.82) is 0 Å². The maximum absolute atomic E-state index is 10.8. The van der Waals surface area contributed by atoms with E-state index in [1.807, 2.05) is 0 Å². The van der Waals surface area contributed by atoms with E-state index in [2.05, 4.69) is 10.1 Å². The van der Waals surface area contributed by atoms with Crippen LogP contribution in [-0.2, 0) is 14.3 Å². The second-order valence-corrected chi connectivity index (χ2v) is 2.84. The second kappa shape index (κ2) is 5.11. The van der Waals surface area contributed by atoms with Crippen molar-refractivity contribution in [2.24, 2.45) is 0 Å². The number of nitrogens with one attached hydrogen (secondary N) is 1. The molecule has 0 amide bonds. The first kappa shape index (κ1) is 9.48. The number of carbonyl (C=O) groups excluding carboxylic acids is 1. The van der Waals surface area contributed by atoms with Gasteiger partial charge in [0.1, 0.15) is 0 Å². The van der Waals surface area contributed by atoms with Crippen LogP contribution in [0.4, 0.5) is 0 Å². The van der Waals surface area contributed by atoms with Crippen molar-refractivity contribution >= 4 is 5.97 Å². The Labute approximate surface area is 72.2 Å². The lowest BCUT2D eigenvalue weighted by molar-refractivity contribution is -0.141. The van der Waals surface area contributed by atoms with Gasteiger partial charge in [0.05, 0.1) is 20.3 Å². The Balaban J connectivity index is 2.09. The minimum atomic E-state index is -0.151. The fourth-order valence-electron chi connectivity index (χ4n) is 1.20. The second-order valence-electron chi connectivity index (χ2n) is 2.84. The van der Waals surface area contributed by atoms with Crippen LogP contribution < -0.4 is 5.32 Å². The van der Waals surface area contributed by atoms with Gasteiger partial charge in [0, 0.05) is 19.0 Å². The number of ether oxygens (including phenoxy) is 2. The Hall–Kier alpha value is -0.610. The van der Waals surface area contributed by atoms with Crippen LogP contribution in [-0.4, -0.2) is 38.9 Å². The summed E-state index contributed by atoms with van der Waals surface area (Å²) < 4.78 is 9.77. The summed E-state index contributed by atoms with van der Waals surface area (Å²) in [6.45, 7) is 2.36. The monoisotopic (exact) mass is 173 g/mol. The van der Waals surface area contributed by atoms with Crippen LogP contribution in [0.25, 0.3) is 0 Å². The van der Waals surface area contributed by atoms with Gasteiger partial charge in [-0.05, 0) is 6.42 Å². The first-order valence-electron chi connectivity index (χ1n) is 4.21. The minimum absolute atomic E-state index is 0.151. The van der Waals surface area contributed by atoms with E-state index >= 15 is 0 Å². The molecule has 4 heteroatoms. The highest BCUT2D eigenvalue weighted by Crippen LogP contribution is 2.02. The molecule has 0 bridgehead atoms. The molecule has 1 N–H and O–H groups in total. The Morgan fingerprint density at radius 3 is 3.17 bits per heavy atom. The van der Waals surface area contributed by atoms with Gasteiger partial charge >= 0.3 is 5.97 Å². The highest BCUT2D eigenvalue weighted by atomic mass is 16.5. The Kier molecular flexibility index (Phi) is 4.04. The number of rotatable bonds is 3. The molecule has 0 aromatic carbocycles. The molecule has 0 aromatic rings. The molecule has 12 heavy (non-hydrogen) atoms. The van der Waals surface area contributed by atoms with Crippen molar-refractivity contribution in [2.45, 2.75) is 18.9 Å². The van der Waals surface area contributed by atoms with E-state index in [0.29, 0.717) is 19.1 Å². The van der Waals surface area contributed by atoms with Gasteiger partial charge < -0.3 is 14.8 Å². The third-order valence-corrected chi connectivity index (χ3v) is 1.92. The predicted molar refractivity (Wildman–Crippen MR) is 43.9 cm³/mol. The zero-order valence-corrected chi connectivity index (χ0v) is 7.34. The van der Waals surface area contributed by atoms with Crippen molar-refractivity contribution < 1.29 is 14.3 Å². The molecule has 1 aliphatic heterocycles. The van der Waals surface area contributed by atoms with Gasteiger partial charge in [0.2, 0.25) is 0 Å². The fraction of sp³-hybridized carbons (Fsp3) is 0.875. The summed E-state index contributed by atoms with van der Waals surface area (Å²) in [5.41, 5.74) is 0. The third kappa shape index (κ3) is 3.19. The normalized spacial score (nSPS) is 23.6. The van der Waals surface area contributed by atoms with Crippen LogP contribution >= 0.6 is 0 Å². The Bertz CT molecular complexity index is 143. The molecule has 1 atom stereocenters. The van der Waals surface area contributed by atoms with E-state index in [4.69, 9.17) is 4.74 Å². The lowest BCUT2D eigenvalue weighted by Gasteiger charge is -2.23. The summed E-state index contributed by atoms with van der Waals surface area (Å²) in [6, 6.07) is 0.317. The van der Waals surface area contributed by atoms with Gasteiger partial charge in [-0.3, -0.25) is 4.79 Å². The molecule has 1 unspecified atom stereocenters. The summed E-state index contributed by atoms with van der Waals surface area (Å²) in [4.78, 5) is 10.8. The maximum atomic E-state index is 10.8. The van der Waals surface area contributed by atoms with Crippen molar-refractivity contribution in [2.75, 3.05) is 26.9 Å². The SMILES string of the molecule is COC(=O)CCC1COCCN1. The largest absolute Gasteiger partial charge is 0.469 e. The highest BCUT2D eigenvalue weighted by Gasteiger charge is 2.14. The number of methoxy groups -OCH3 is 1. The standard InChI is InChI=1S/C8H15NO3/c1-11-8(10)3-2-7-6-12-5-4-9-7/h7,9H,2-6H2,1H3. The average molecular weight is 173 g/mol. The Morgan fingerprint density at radius 1 is 1.75 bits per heavy atom. The quantitative estimate of drug-likeness (QED) is 0.607. The summed E-state index contributed by atoms with van der Waals surface area (Å²) in [5, 5.41) is 3.27. The van der Waals surface area contributed by atoms with Crippen LogP contribution in [0.2, 0.25) is 0 Å². The molecule has 1 rings (SSSR count). The van der Waals surface area contributed by atoms with Gasteiger partial charge in [-0.25, -0.2) is 0 Å². The van der Waals surface area contributed by atoms with E-state index in [1.165, 1.54) is 7.11 Å². The number of morpholine rings is 1. The van der Waals surface area contributed by atoms with Crippen LogP contribution in [0.5, 0.6) is 0 Å². The highest BCUT2D eigenvalue weighted by molar-refractivity contribution is 5.69. The Morgan fingerprint density at radius 2 is 2.58 bits per heavy atom. The third-order valence-electron chi connectivity index (χ3n) is 1.92. The summed E-state index contributed by atoms with van der Waals surface area (Å²) in [5.74, 6) is -0.151. The molecule has 4 nitrogen and oxygen atoms in total. The molecule has 1 fully saturated rings.